The molecule has 0 N–H and O–H groups in total. The standard InChI is InChI=1S/C20H20O5S/c21-19(15-7-3-1-4-8-15)24-11-17-13-26(23)14-18(17)12-25-20(22)16-9-5-2-6-10-16/h1-10,17-18H,11-14H2/t17-,18-/m0/s1. The van der Waals surface area contributed by atoms with Crippen LogP contribution in [0, 0.1) is 11.8 Å². The summed E-state index contributed by atoms with van der Waals surface area (Å²) in [6.45, 7) is 0.347. The highest BCUT2D eigenvalue weighted by atomic mass is 32.2. The van der Waals surface area contributed by atoms with Gasteiger partial charge in [-0.05, 0) is 24.3 Å². The van der Waals surface area contributed by atoms with Crippen LogP contribution in [0.5, 0.6) is 0 Å². The van der Waals surface area contributed by atoms with E-state index >= 15 is 0 Å². The van der Waals surface area contributed by atoms with Gasteiger partial charge in [0.2, 0.25) is 0 Å². The third-order valence-electron chi connectivity index (χ3n) is 4.34. The molecule has 1 fully saturated rings. The molecule has 0 amide bonds. The van der Waals surface area contributed by atoms with Crippen LogP contribution in [0.1, 0.15) is 20.7 Å². The van der Waals surface area contributed by atoms with Gasteiger partial charge < -0.3 is 9.47 Å². The quantitative estimate of drug-likeness (QED) is 0.729. The van der Waals surface area contributed by atoms with E-state index in [9.17, 15) is 13.8 Å². The molecule has 26 heavy (non-hydrogen) atoms. The first-order valence-electron chi connectivity index (χ1n) is 8.43. The van der Waals surface area contributed by atoms with Crippen molar-refractivity contribution >= 4 is 22.7 Å². The van der Waals surface area contributed by atoms with Gasteiger partial charge in [-0.15, -0.1) is 0 Å². The van der Waals surface area contributed by atoms with Gasteiger partial charge in [-0.3, -0.25) is 4.21 Å². The average molecular weight is 372 g/mol. The average Bonchev–Trinajstić information content (AvgIpc) is 3.05. The number of carbonyl (C=O) groups is 2. The monoisotopic (exact) mass is 372 g/mol. The molecule has 2 aromatic rings. The smallest absolute Gasteiger partial charge is 0.338 e. The van der Waals surface area contributed by atoms with Gasteiger partial charge in [0.15, 0.2) is 0 Å². The highest BCUT2D eigenvalue weighted by molar-refractivity contribution is 7.85. The van der Waals surface area contributed by atoms with Gasteiger partial charge in [0.25, 0.3) is 0 Å². The summed E-state index contributed by atoms with van der Waals surface area (Å²) >= 11 is 0. The van der Waals surface area contributed by atoms with E-state index in [1.54, 1.807) is 48.5 Å². The SMILES string of the molecule is O=C(OC[C@H]1CS(=O)C[C@@H]1COC(=O)c1ccccc1)c1ccccc1. The number of carbonyl (C=O) groups excluding carboxylic acids is 2. The van der Waals surface area contributed by atoms with Crippen LogP contribution in [0.4, 0.5) is 0 Å². The fraction of sp³-hybridized carbons (Fsp3) is 0.300. The minimum atomic E-state index is -0.984. The molecule has 1 aliphatic rings. The third-order valence-corrected chi connectivity index (χ3v) is 5.94. The first kappa shape index (κ1) is 18.3. The van der Waals surface area contributed by atoms with E-state index in [0.29, 0.717) is 22.6 Å². The van der Waals surface area contributed by atoms with Crippen molar-refractivity contribution in [1.82, 2.24) is 0 Å². The Kier molecular flexibility index (Phi) is 6.17. The number of esters is 2. The lowest BCUT2D eigenvalue weighted by atomic mass is 9.98. The zero-order valence-electron chi connectivity index (χ0n) is 14.2. The second-order valence-corrected chi connectivity index (χ2v) is 7.77. The summed E-state index contributed by atoms with van der Waals surface area (Å²) in [6, 6.07) is 17.5. The van der Waals surface area contributed by atoms with Crippen LogP contribution in [0.2, 0.25) is 0 Å². The molecule has 1 heterocycles. The fourth-order valence-electron chi connectivity index (χ4n) is 2.87. The van der Waals surface area contributed by atoms with E-state index in [2.05, 4.69) is 0 Å². The zero-order chi connectivity index (χ0) is 18.4. The lowest BCUT2D eigenvalue weighted by Gasteiger charge is -2.18. The van der Waals surface area contributed by atoms with Crippen molar-refractivity contribution in [1.29, 1.82) is 0 Å². The Morgan fingerprint density at radius 1 is 0.769 bits per heavy atom. The van der Waals surface area contributed by atoms with Crippen LogP contribution >= 0.6 is 0 Å². The van der Waals surface area contributed by atoms with Crippen LogP contribution in [-0.4, -0.2) is 40.9 Å². The van der Waals surface area contributed by atoms with E-state index in [1.165, 1.54) is 0 Å². The van der Waals surface area contributed by atoms with Crippen molar-refractivity contribution in [3.05, 3.63) is 71.8 Å². The van der Waals surface area contributed by atoms with Crippen molar-refractivity contribution in [3.63, 3.8) is 0 Å². The van der Waals surface area contributed by atoms with Gasteiger partial charge in [-0.25, -0.2) is 9.59 Å². The molecule has 3 rings (SSSR count). The minimum Gasteiger partial charge on any atom is -0.462 e. The molecule has 6 heteroatoms. The molecule has 0 spiro atoms. The van der Waals surface area contributed by atoms with Crippen LogP contribution in [0.25, 0.3) is 0 Å². The molecule has 0 radical (unpaired) electrons. The van der Waals surface area contributed by atoms with E-state index in [0.717, 1.165) is 0 Å². The topological polar surface area (TPSA) is 69.7 Å². The van der Waals surface area contributed by atoms with Crippen LogP contribution in [0.15, 0.2) is 60.7 Å². The van der Waals surface area contributed by atoms with Gasteiger partial charge in [0, 0.05) is 34.1 Å². The Labute approximate surface area is 154 Å². The molecular weight excluding hydrogens is 352 g/mol. The predicted molar refractivity (Wildman–Crippen MR) is 98.3 cm³/mol. The van der Waals surface area contributed by atoms with Gasteiger partial charge in [-0.2, -0.15) is 0 Å². The highest BCUT2D eigenvalue weighted by Gasteiger charge is 2.34. The number of hydrogen-bond acceptors (Lipinski definition) is 5. The lowest BCUT2D eigenvalue weighted by molar-refractivity contribution is 0.0291. The highest BCUT2D eigenvalue weighted by Crippen LogP contribution is 2.24. The summed E-state index contributed by atoms with van der Waals surface area (Å²) < 4.78 is 22.7. The van der Waals surface area contributed by atoms with Gasteiger partial charge in [0.05, 0.1) is 24.3 Å². The normalized spacial score (nSPS) is 19.8. The molecule has 0 bridgehead atoms. The molecule has 0 aromatic heterocycles. The maximum absolute atomic E-state index is 12.1. The molecule has 2 aromatic carbocycles. The Morgan fingerprint density at radius 3 is 1.54 bits per heavy atom. The Bertz CT molecular complexity index is 710. The van der Waals surface area contributed by atoms with E-state index in [1.807, 2.05) is 12.1 Å². The first-order chi connectivity index (χ1) is 12.6. The maximum atomic E-state index is 12.1. The molecule has 2 atom stereocenters. The molecule has 0 saturated carbocycles. The third kappa shape index (κ3) is 4.79. The second kappa shape index (κ2) is 8.76. The summed E-state index contributed by atoms with van der Waals surface area (Å²) in [5.41, 5.74) is 0.970. The summed E-state index contributed by atoms with van der Waals surface area (Å²) in [6.07, 6.45) is 0. The van der Waals surface area contributed by atoms with E-state index < -0.39 is 22.7 Å². The van der Waals surface area contributed by atoms with Crippen molar-refractivity contribution in [2.24, 2.45) is 11.8 Å². The van der Waals surface area contributed by atoms with E-state index in [-0.39, 0.29) is 25.0 Å². The van der Waals surface area contributed by atoms with Crippen molar-refractivity contribution in [2.45, 2.75) is 0 Å². The number of hydrogen-bond donors (Lipinski definition) is 0. The lowest BCUT2D eigenvalue weighted by Crippen LogP contribution is -2.25. The molecule has 0 aliphatic carbocycles. The Balaban J connectivity index is 1.52. The summed E-state index contributed by atoms with van der Waals surface area (Å²) in [5, 5.41) is 0. The molecule has 136 valence electrons. The van der Waals surface area contributed by atoms with Crippen LogP contribution < -0.4 is 0 Å². The molecule has 1 saturated heterocycles. The number of rotatable bonds is 6. The first-order valence-corrected chi connectivity index (χ1v) is 9.91. The minimum absolute atomic E-state index is 0.0768. The maximum Gasteiger partial charge on any atom is 0.338 e. The summed E-state index contributed by atoms with van der Waals surface area (Å²) in [7, 11) is -0.984. The fourth-order valence-corrected chi connectivity index (χ4v) is 4.69. The van der Waals surface area contributed by atoms with Gasteiger partial charge in [-0.1, -0.05) is 36.4 Å². The largest absolute Gasteiger partial charge is 0.462 e. The van der Waals surface area contributed by atoms with Crippen LogP contribution in [0.3, 0.4) is 0 Å². The van der Waals surface area contributed by atoms with Crippen LogP contribution in [-0.2, 0) is 20.3 Å². The van der Waals surface area contributed by atoms with E-state index in [4.69, 9.17) is 9.47 Å². The zero-order valence-corrected chi connectivity index (χ0v) is 15.0. The van der Waals surface area contributed by atoms with Crippen molar-refractivity contribution in [3.8, 4) is 0 Å². The summed E-state index contributed by atoms with van der Waals surface area (Å²) in [4.78, 5) is 24.1. The van der Waals surface area contributed by atoms with Crippen molar-refractivity contribution in [2.75, 3.05) is 24.7 Å². The second-order valence-electron chi connectivity index (χ2n) is 6.22. The predicted octanol–water partition coefficient (Wildman–Crippen LogP) is 2.70. The molecule has 0 unspecified atom stereocenters. The number of benzene rings is 2. The Morgan fingerprint density at radius 2 is 1.15 bits per heavy atom. The number of ether oxygens (including phenoxy) is 2. The Hall–Kier alpha value is -2.47. The van der Waals surface area contributed by atoms with Gasteiger partial charge in [0.1, 0.15) is 0 Å². The van der Waals surface area contributed by atoms with Crippen molar-refractivity contribution < 1.29 is 23.3 Å². The summed E-state index contributed by atoms with van der Waals surface area (Å²) in [5.74, 6) is -0.0450. The van der Waals surface area contributed by atoms with Gasteiger partial charge >= 0.3 is 11.9 Å². The molecular formula is C20H20O5S. The molecule has 1 aliphatic heterocycles. The molecule has 5 nitrogen and oxygen atoms in total.